The molecule has 2 aromatic rings. The van der Waals surface area contributed by atoms with Crippen LogP contribution >= 0.6 is 0 Å². The fourth-order valence-corrected chi connectivity index (χ4v) is 1.70. The number of aromatic nitrogens is 3. The van der Waals surface area contributed by atoms with E-state index in [1.807, 2.05) is 13.0 Å². The molecule has 0 bridgehead atoms. The number of anilines is 1. The number of alkyl halides is 2. The minimum absolute atomic E-state index is 0.148. The van der Waals surface area contributed by atoms with E-state index in [0.29, 0.717) is 18.1 Å². The van der Waals surface area contributed by atoms with Gasteiger partial charge in [0.25, 0.3) is 6.43 Å². The molecule has 0 saturated heterocycles. The highest BCUT2D eigenvalue weighted by Gasteiger charge is 2.11. The van der Waals surface area contributed by atoms with Gasteiger partial charge in [-0.25, -0.2) is 18.7 Å². The highest BCUT2D eigenvalue weighted by atomic mass is 19.3. The maximum absolute atomic E-state index is 11.9. The molecule has 0 unspecified atom stereocenters. The van der Waals surface area contributed by atoms with Gasteiger partial charge in [-0.15, -0.1) is 0 Å². The van der Waals surface area contributed by atoms with Crippen LogP contribution in [0.3, 0.4) is 0 Å². The van der Waals surface area contributed by atoms with Crippen molar-refractivity contribution in [3.8, 4) is 0 Å². The van der Waals surface area contributed by atoms with Crippen LogP contribution in [0.5, 0.6) is 0 Å². The third-order valence-electron chi connectivity index (χ3n) is 2.57. The summed E-state index contributed by atoms with van der Waals surface area (Å²) in [4.78, 5) is 8.39. The monoisotopic (exact) mass is 256 g/mol. The van der Waals surface area contributed by atoms with Gasteiger partial charge in [-0.3, -0.25) is 4.57 Å². The van der Waals surface area contributed by atoms with Crippen LogP contribution in [0.15, 0.2) is 12.3 Å². The van der Waals surface area contributed by atoms with Gasteiger partial charge >= 0.3 is 0 Å². The molecule has 0 fully saturated rings. The molecule has 18 heavy (non-hydrogen) atoms. The molecule has 0 aromatic carbocycles. The zero-order chi connectivity index (χ0) is 13.1. The molecular formula is C11H14F2N4O. The summed E-state index contributed by atoms with van der Waals surface area (Å²) in [5, 5.41) is 0. The standard InChI is InChI=1S/C11H14F2N4O/c1-7-2-3-15-10-9(7)16-11(14)17(10)4-5-18-6-8(12)13/h2-3,8H,4-6H2,1H3,(H2,14,16). The number of nitrogens with zero attached hydrogens (tertiary/aromatic N) is 3. The first-order chi connectivity index (χ1) is 8.59. The normalized spacial score (nSPS) is 11.6. The predicted octanol–water partition coefficient (Wildman–Crippen LogP) is 1.60. The second kappa shape index (κ2) is 5.26. The zero-order valence-electron chi connectivity index (χ0n) is 9.94. The Morgan fingerprint density at radius 1 is 1.50 bits per heavy atom. The molecule has 0 saturated carbocycles. The molecule has 2 rings (SSSR count). The topological polar surface area (TPSA) is 66.0 Å². The van der Waals surface area contributed by atoms with Crippen LogP contribution in [0.4, 0.5) is 14.7 Å². The maximum atomic E-state index is 11.9. The Bertz CT molecular complexity index is 541. The minimum atomic E-state index is -2.46. The van der Waals surface area contributed by atoms with Gasteiger partial charge in [0.1, 0.15) is 12.1 Å². The van der Waals surface area contributed by atoms with E-state index in [2.05, 4.69) is 9.97 Å². The molecule has 0 radical (unpaired) electrons. The Morgan fingerprint density at radius 2 is 2.28 bits per heavy atom. The highest BCUT2D eigenvalue weighted by Crippen LogP contribution is 2.18. The van der Waals surface area contributed by atoms with Gasteiger partial charge in [-0.05, 0) is 18.6 Å². The van der Waals surface area contributed by atoms with Crippen molar-refractivity contribution in [1.82, 2.24) is 14.5 Å². The average molecular weight is 256 g/mol. The van der Waals surface area contributed by atoms with Crippen molar-refractivity contribution in [3.63, 3.8) is 0 Å². The van der Waals surface area contributed by atoms with Crippen LogP contribution < -0.4 is 5.73 Å². The number of nitrogens with two attached hydrogens (primary N) is 1. The lowest BCUT2D eigenvalue weighted by Gasteiger charge is -2.06. The van der Waals surface area contributed by atoms with E-state index in [0.717, 1.165) is 11.1 Å². The molecule has 2 aromatic heterocycles. The van der Waals surface area contributed by atoms with Crippen LogP contribution in [0.25, 0.3) is 11.2 Å². The summed E-state index contributed by atoms with van der Waals surface area (Å²) in [6.07, 6.45) is -0.794. The number of hydrogen-bond donors (Lipinski definition) is 1. The summed E-state index contributed by atoms with van der Waals surface area (Å²) in [7, 11) is 0. The van der Waals surface area contributed by atoms with E-state index >= 15 is 0 Å². The summed E-state index contributed by atoms with van der Waals surface area (Å²) in [5.41, 5.74) is 8.12. The van der Waals surface area contributed by atoms with Crippen molar-refractivity contribution in [2.75, 3.05) is 18.9 Å². The average Bonchev–Trinajstić information content (AvgIpc) is 2.63. The van der Waals surface area contributed by atoms with E-state index in [1.165, 1.54) is 0 Å². The minimum Gasteiger partial charge on any atom is -0.374 e. The summed E-state index contributed by atoms with van der Waals surface area (Å²) in [5.74, 6) is 0.312. The van der Waals surface area contributed by atoms with Crippen molar-refractivity contribution in [3.05, 3.63) is 17.8 Å². The number of nitrogen functional groups attached to an aromatic ring is 1. The van der Waals surface area contributed by atoms with E-state index in [-0.39, 0.29) is 6.61 Å². The first-order valence-electron chi connectivity index (χ1n) is 5.53. The van der Waals surface area contributed by atoms with Crippen LogP contribution in [-0.2, 0) is 11.3 Å². The number of fused-ring (bicyclic) bond motifs is 1. The summed E-state index contributed by atoms with van der Waals surface area (Å²) in [6, 6.07) is 1.84. The molecule has 2 heterocycles. The molecule has 0 aliphatic carbocycles. The lowest BCUT2D eigenvalue weighted by Crippen LogP contribution is -2.12. The number of pyridine rings is 1. The largest absolute Gasteiger partial charge is 0.374 e. The van der Waals surface area contributed by atoms with E-state index in [4.69, 9.17) is 10.5 Å². The fourth-order valence-electron chi connectivity index (χ4n) is 1.70. The van der Waals surface area contributed by atoms with Crippen molar-refractivity contribution in [2.24, 2.45) is 0 Å². The first kappa shape index (κ1) is 12.7. The smallest absolute Gasteiger partial charge is 0.261 e. The van der Waals surface area contributed by atoms with Crippen LogP contribution in [0.2, 0.25) is 0 Å². The Morgan fingerprint density at radius 3 is 3.00 bits per heavy atom. The SMILES string of the molecule is Cc1ccnc2c1nc(N)n2CCOCC(F)F. The molecule has 0 atom stereocenters. The van der Waals surface area contributed by atoms with Crippen LogP contribution in [0.1, 0.15) is 5.56 Å². The number of halogens is 2. The molecule has 5 nitrogen and oxygen atoms in total. The first-order valence-corrected chi connectivity index (χ1v) is 5.53. The number of ether oxygens (including phenoxy) is 1. The summed E-state index contributed by atoms with van der Waals surface area (Å²) >= 11 is 0. The van der Waals surface area contributed by atoms with Crippen molar-refractivity contribution in [1.29, 1.82) is 0 Å². The van der Waals surface area contributed by atoms with Gasteiger partial charge in [-0.2, -0.15) is 0 Å². The molecule has 0 spiro atoms. The molecular weight excluding hydrogens is 242 g/mol. The molecule has 7 heteroatoms. The lowest BCUT2D eigenvalue weighted by atomic mass is 10.3. The van der Waals surface area contributed by atoms with E-state index < -0.39 is 13.0 Å². The van der Waals surface area contributed by atoms with Gasteiger partial charge in [0.05, 0.1) is 13.2 Å². The number of rotatable bonds is 5. The number of hydrogen-bond acceptors (Lipinski definition) is 4. The van der Waals surface area contributed by atoms with Crippen molar-refractivity contribution in [2.45, 2.75) is 19.9 Å². The summed E-state index contributed by atoms with van der Waals surface area (Å²) < 4.78 is 30.3. The molecule has 0 aliphatic rings. The van der Waals surface area contributed by atoms with Gasteiger partial charge in [0, 0.05) is 6.20 Å². The van der Waals surface area contributed by atoms with E-state index in [1.54, 1.807) is 10.8 Å². The van der Waals surface area contributed by atoms with E-state index in [9.17, 15) is 8.78 Å². The number of imidazole rings is 1. The van der Waals surface area contributed by atoms with Crippen LogP contribution in [-0.4, -0.2) is 34.2 Å². The predicted molar refractivity (Wildman–Crippen MR) is 63.5 cm³/mol. The Balaban J connectivity index is 2.13. The second-order valence-electron chi connectivity index (χ2n) is 3.89. The fraction of sp³-hybridized carbons (Fsp3) is 0.455. The third-order valence-corrected chi connectivity index (χ3v) is 2.57. The Labute approximate surface area is 103 Å². The van der Waals surface area contributed by atoms with Gasteiger partial charge < -0.3 is 10.5 Å². The van der Waals surface area contributed by atoms with Crippen molar-refractivity contribution < 1.29 is 13.5 Å². The highest BCUT2D eigenvalue weighted by molar-refractivity contribution is 5.77. The molecule has 0 amide bonds. The van der Waals surface area contributed by atoms with Crippen LogP contribution in [0, 0.1) is 6.92 Å². The quantitative estimate of drug-likeness (QED) is 0.825. The number of aryl methyl sites for hydroxylation is 1. The van der Waals surface area contributed by atoms with Gasteiger partial charge in [-0.1, -0.05) is 0 Å². The van der Waals surface area contributed by atoms with Gasteiger partial charge in [0.15, 0.2) is 5.65 Å². The third kappa shape index (κ3) is 2.56. The molecule has 2 N–H and O–H groups in total. The Kier molecular flexibility index (Phi) is 3.71. The lowest BCUT2D eigenvalue weighted by molar-refractivity contribution is 0.0151. The van der Waals surface area contributed by atoms with Gasteiger partial charge in [0.2, 0.25) is 5.95 Å². The zero-order valence-corrected chi connectivity index (χ0v) is 9.94. The maximum Gasteiger partial charge on any atom is 0.261 e. The summed E-state index contributed by atoms with van der Waals surface area (Å²) in [6.45, 7) is 1.84. The Hall–Kier alpha value is -1.76. The second-order valence-corrected chi connectivity index (χ2v) is 3.89. The van der Waals surface area contributed by atoms with Crippen molar-refractivity contribution >= 4 is 17.1 Å². The molecule has 98 valence electrons. The molecule has 0 aliphatic heterocycles.